The molecule has 0 aliphatic heterocycles. The summed E-state index contributed by atoms with van der Waals surface area (Å²) in [5.41, 5.74) is 6.97. The van der Waals surface area contributed by atoms with Gasteiger partial charge in [-0.1, -0.05) is 49.4 Å². The molecule has 0 saturated carbocycles. The molecule has 2 aromatic rings. The van der Waals surface area contributed by atoms with Crippen molar-refractivity contribution in [1.82, 2.24) is 5.32 Å². The van der Waals surface area contributed by atoms with Gasteiger partial charge in [0, 0.05) is 6.04 Å². The summed E-state index contributed by atoms with van der Waals surface area (Å²) >= 11 is 1.75. The number of nitrogens with one attached hydrogen (secondary N) is 1. The van der Waals surface area contributed by atoms with Gasteiger partial charge in [-0.25, -0.2) is 0 Å². The number of hydrogen-bond donors (Lipinski definition) is 3. The van der Waals surface area contributed by atoms with Gasteiger partial charge in [-0.15, -0.1) is 0 Å². The third kappa shape index (κ3) is 4.72. The van der Waals surface area contributed by atoms with Crippen LogP contribution in [0.1, 0.15) is 31.9 Å². The summed E-state index contributed by atoms with van der Waals surface area (Å²) in [7, 11) is 0. The molecule has 0 aromatic heterocycles. The second-order valence-corrected chi connectivity index (χ2v) is 7.29. The standard InChI is InChI=1S/C19H26N2O2S/c1-3-24-12-11-17(20)18(22)19(23)21-13(2)15-10-6-8-14-7-4-5-9-16(14)15/h4-10,13,17-18,22H,3,11-12,20H2,1-2H3,(H,21,23)/t13-,17+,18-/m0/s1. The van der Waals surface area contributed by atoms with Crippen LogP contribution in [-0.2, 0) is 4.79 Å². The number of rotatable bonds is 8. The van der Waals surface area contributed by atoms with E-state index in [0.29, 0.717) is 6.42 Å². The highest BCUT2D eigenvalue weighted by Gasteiger charge is 2.24. The number of aliphatic hydroxyl groups is 1. The molecule has 2 aromatic carbocycles. The highest BCUT2D eigenvalue weighted by atomic mass is 32.2. The van der Waals surface area contributed by atoms with E-state index in [1.165, 1.54) is 0 Å². The summed E-state index contributed by atoms with van der Waals surface area (Å²) in [6.45, 7) is 4.00. The van der Waals surface area contributed by atoms with Crippen LogP contribution < -0.4 is 11.1 Å². The van der Waals surface area contributed by atoms with E-state index in [2.05, 4.69) is 12.2 Å². The van der Waals surface area contributed by atoms with E-state index in [0.717, 1.165) is 27.8 Å². The molecule has 0 spiro atoms. The van der Waals surface area contributed by atoms with Crippen LogP contribution in [0.15, 0.2) is 42.5 Å². The molecule has 3 atom stereocenters. The lowest BCUT2D eigenvalue weighted by molar-refractivity contribution is -0.131. The first-order valence-electron chi connectivity index (χ1n) is 8.34. The molecule has 0 heterocycles. The summed E-state index contributed by atoms with van der Waals surface area (Å²) in [5.74, 6) is 1.44. The Hall–Kier alpha value is -1.56. The van der Waals surface area contributed by atoms with Gasteiger partial charge >= 0.3 is 0 Å². The minimum Gasteiger partial charge on any atom is -0.382 e. The van der Waals surface area contributed by atoms with Crippen molar-refractivity contribution >= 4 is 28.4 Å². The minimum absolute atomic E-state index is 0.199. The topological polar surface area (TPSA) is 75.3 Å². The van der Waals surface area contributed by atoms with E-state index in [4.69, 9.17) is 5.73 Å². The molecule has 0 saturated heterocycles. The lowest BCUT2D eigenvalue weighted by Crippen LogP contribution is -2.47. The number of hydrogen-bond acceptors (Lipinski definition) is 4. The first-order chi connectivity index (χ1) is 11.5. The second kappa shape index (κ2) is 9.06. The van der Waals surface area contributed by atoms with Crippen molar-refractivity contribution in [3.63, 3.8) is 0 Å². The van der Waals surface area contributed by atoms with E-state index in [9.17, 15) is 9.90 Å². The van der Waals surface area contributed by atoms with Crippen LogP contribution in [0.3, 0.4) is 0 Å². The van der Waals surface area contributed by atoms with E-state index in [1.807, 2.05) is 49.4 Å². The largest absolute Gasteiger partial charge is 0.382 e. The number of benzene rings is 2. The highest BCUT2D eigenvalue weighted by molar-refractivity contribution is 7.99. The van der Waals surface area contributed by atoms with E-state index < -0.39 is 18.1 Å². The number of nitrogens with two attached hydrogens (primary N) is 1. The third-order valence-corrected chi connectivity index (χ3v) is 5.06. The van der Waals surface area contributed by atoms with Crippen LogP contribution in [0.4, 0.5) is 0 Å². The zero-order chi connectivity index (χ0) is 17.5. The van der Waals surface area contributed by atoms with Crippen LogP contribution in [-0.4, -0.2) is 34.7 Å². The highest BCUT2D eigenvalue weighted by Crippen LogP contribution is 2.24. The summed E-state index contributed by atoms with van der Waals surface area (Å²) < 4.78 is 0. The van der Waals surface area contributed by atoms with Crippen LogP contribution in [0.25, 0.3) is 10.8 Å². The molecular formula is C19H26N2O2S. The van der Waals surface area contributed by atoms with Crippen LogP contribution in [0.5, 0.6) is 0 Å². The van der Waals surface area contributed by atoms with Gasteiger partial charge in [0.05, 0.1) is 6.04 Å². The molecule has 0 unspecified atom stereocenters. The number of carbonyl (C=O) groups excluding carboxylic acids is 1. The van der Waals surface area contributed by atoms with Crippen LogP contribution in [0.2, 0.25) is 0 Å². The maximum atomic E-state index is 12.3. The van der Waals surface area contributed by atoms with Gasteiger partial charge in [0.25, 0.3) is 5.91 Å². The molecule has 0 radical (unpaired) electrons. The Morgan fingerprint density at radius 3 is 2.71 bits per heavy atom. The smallest absolute Gasteiger partial charge is 0.250 e. The van der Waals surface area contributed by atoms with Crippen molar-refractivity contribution in [2.45, 2.75) is 38.5 Å². The summed E-state index contributed by atoms with van der Waals surface area (Å²) in [6, 6.07) is 13.3. The number of fused-ring (bicyclic) bond motifs is 1. The molecule has 4 nitrogen and oxygen atoms in total. The fourth-order valence-corrected chi connectivity index (χ4v) is 3.45. The van der Waals surface area contributed by atoms with Gasteiger partial charge in [0.15, 0.2) is 0 Å². The predicted octanol–water partition coefficient (Wildman–Crippen LogP) is 2.85. The first-order valence-corrected chi connectivity index (χ1v) is 9.49. The lowest BCUT2D eigenvalue weighted by atomic mass is 9.99. The van der Waals surface area contributed by atoms with Crippen molar-refractivity contribution in [2.24, 2.45) is 5.73 Å². The molecule has 0 aliphatic rings. The van der Waals surface area contributed by atoms with E-state index in [1.54, 1.807) is 11.8 Å². The quantitative estimate of drug-likeness (QED) is 0.643. The Bertz CT molecular complexity index is 672. The zero-order valence-electron chi connectivity index (χ0n) is 14.2. The van der Waals surface area contributed by atoms with Gasteiger partial charge in [-0.05, 0) is 41.2 Å². The van der Waals surface area contributed by atoms with Gasteiger partial charge in [-0.2, -0.15) is 11.8 Å². The molecule has 24 heavy (non-hydrogen) atoms. The average molecular weight is 346 g/mol. The van der Waals surface area contributed by atoms with Crippen LogP contribution in [0, 0.1) is 0 Å². The monoisotopic (exact) mass is 346 g/mol. The molecule has 2 rings (SSSR count). The van der Waals surface area contributed by atoms with E-state index >= 15 is 0 Å². The fraction of sp³-hybridized carbons (Fsp3) is 0.421. The molecule has 0 fully saturated rings. The Labute approximate surface area is 147 Å². The van der Waals surface area contributed by atoms with E-state index in [-0.39, 0.29) is 6.04 Å². The van der Waals surface area contributed by atoms with Gasteiger partial charge < -0.3 is 16.2 Å². The first kappa shape index (κ1) is 18.8. The van der Waals surface area contributed by atoms with Crippen molar-refractivity contribution in [3.8, 4) is 0 Å². The average Bonchev–Trinajstić information content (AvgIpc) is 2.60. The molecule has 0 aliphatic carbocycles. The van der Waals surface area contributed by atoms with Crippen molar-refractivity contribution in [3.05, 3.63) is 48.0 Å². The van der Waals surface area contributed by atoms with Gasteiger partial charge in [-0.3, -0.25) is 4.79 Å². The Kier molecular flexibility index (Phi) is 7.09. The Morgan fingerprint density at radius 2 is 1.96 bits per heavy atom. The normalized spacial score (nSPS) is 15.0. The van der Waals surface area contributed by atoms with Crippen molar-refractivity contribution in [1.29, 1.82) is 0 Å². The van der Waals surface area contributed by atoms with Crippen molar-refractivity contribution in [2.75, 3.05) is 11.5 Å². The molecular weight excluding hydrogens is 320 g/mol. The molecule has 0 bridgehead atoms. The summed E-state index contributed by atoms with van der Waals surface area (Å²) in [4.78, 5) is 12.3. The lowest BCUT2D eigenvalue weighted by Gasteiger charge is -2.22. The number of aliphatic hydroxyl groups excluding tert-OH is 1. The second-order valence-electron chi connectivity index (χ2n) is 5.89. The number of thioether (sulfide) groups is 1. The SMILES string of the molecule is CCSCC[C@@H](N)[C@H](O)C(=O)N[C@@H](C)c1cccc2ccccc12. The third-order valence-electron chi connectivity index (χ3n) is 4.12. The zero-order valence-corrected chi connectivity index (χ0v) is 15.1. The number of carbonyl (C=O) groups is 1. The van der Waals surface area contributed by atoms with Crippen molar-refractivity contribution < 1.29 is 9.90 Å². The summed E-state index contributed by atoms with van der Waals surface area (Å²) in [5, 5.41) is 15.3. The molecule has 4 N–H and O–H groups in total. The number of amides is 1. The fourth-order valence-electron chi connectivity index (χ4n) is 2.72. The maximum absolute atomic E-state index is 12.3. The van der Waals surface area contributed by atoms with Crippen LogP contribution >= 0.6 is 11.8 Å². The predicted molar refractivity (Wildman–Crippen MR) is 102 cm³/mol. The van der Waals surface area contributed by atoms with Gasteiger partial charge in [0.1, 0.15) is 6.10 Å². The molecule has 5 heteroatoms. The molecule has 130 valence electrons. The van der Waals surface area contributed by atoms with Gasteiger partial charge in [0.2, 0.25) is 0 Å². The molecule has 1 amide bonds. The Balaban J connectivity index is 2.02. The maximum Gasteiger partial charge on any atom is 0.250 e. The Morgan fingerprint density at radius 1 is 1.25 bits per heavy atom. The minimum atomic E-state index is -1.18. The summed E-state index contributed by atoms with van der Waals surface area (Å²) in [6.07, 6.45) is -0.560.